The van der Waals surface area contributed by atoms with E-state index in [0.717, 1.165) is 24.7 Å². The van der Waals surface area contributed by atoms with E-state index >= 15 is 0 Å². The van der Waals surface area contributed by atoms with Gasteiger partial charge in [0.15, 0.2) is 35.8 Å². The number of esters is 2. The summed E-state index contributed by atoms with van der Waals surface area (Å²) in [6.45, 7) is 1.98. The van der Waals surface area contributed by atoms with E-state index < -0.39 is 93.3 Å². The van der Waals surface area contributed by atoms with Crippen molar-refractivity contribution in [2.45, 2.75) is 69.9 Å². The van der Waals surface area contributed by atoms with Gasteiger partial charge in [-0.25, -0.2) is 24.3 Å². The van der Waals surface area contributed by atoms with Crippen LogP contribution >= 0.6 is 7.82 Å². The summed E-state index contributed by atoms with van der Waals surface area (Å²) in [5, 5.41) is 20.8. The summed E-state index contributed by atoms with van der Waals surface area (Å²) >= 11 is 0. The minimum Gasteiger partial charge on any atom is -0.455 e. The van der Waals surface area contributed by atoms with Gasteiger partial charge in [-0.3, -0.25) is 32.6 Å². The Kier molecular flexibility index (Phi) is 9.33. The molecule has 2 aliphatic rings. The van der Waals surface area contributed by atoms with Crippen molar-refractivity contribution >= 4 is 36.9 Å². The maximum Gasteiger partial charge on any atom is 0.472 e. The molecule has 2 aliphatic heterocycles. The molecule has 0 amide bonds. The van der Waals surface area contributed by atoms with Crippen LogP contribution in [0.4, 0.5) is 5.95 Å². The normalized spacial score (nSPS) is 29.1. The van der Waals surface area contributed by atoms with E-state index in [0.29, 0.717) is 0 Å². The molecule has 5 rings (SSSR count). The van der Waals surface area contributed by atoms with E-state index in [4.69, 9.17) is 33.7 Å². The van der Waals surface area contributed by atoms with Crippen molar-refractivity contribution < 1.29 is 57.3 Å². The molecular formula is C23H29N8O14P. The summed E-state index contributed by atoms with van der Waals surface area (Å²) in [5.74, 6) is -1.82. The topological polar surface area (TPSA) is 305 Å². The number of aryl methyl sites for hydroxylation is 1. The molecule has 5 heterocycles. The SMILES string of the molecule is CC(=O)O[C@H]1C(O)[C@@H](COP(=O)(O)OC2[C@@H](CO)O[C@@H](n3cnc4c(=O)[nH]c(C)nc43)[C@H]2OC(C)=O)O[C@H]1n1cnc(N)nc1=O. The number of anilines is 1. The Bertz CT molecular complexity index is 1800. The molecule has 2 fully saturated rings. The van der Waals surface area contributed by atoms with Crippen LogP contribution in [0.25, 0.3) is 11.2 Å². The van der Waals surface area contributed by atoms with Crippen LogP contribution in [-0.2, 0) is 42.1 Å². The molecule has 0 bridgehead atoms. The van der Waals surface area contributed by atoms with Gasteiger partial charge in [-0.05, 0) is 6.92 Å². The van der Waals surface area contributed by atoms with Crippen LogP contribution in [0.15, 0.2) is 22.2 Å². The number of nitrogens with zero attached hydrogens (tertiary/aromatic N) is 6. The minimum absolute atomic E-state index is 0.0269. The number of nitrogens with two attached hydrogens (primary N) is 1. The predicted octanol–water partition coefficient (Wildman–Crippen LogP) is -2.82. The number of carbonyl (C=O) groups is 2. The number of aliphatic hydroxyl groups excluding tert-OH is 2. The zero-order chi connectivity index (χ0) is 33.5. The van der Waals surface area contributed by atoms with Gasteiger partial charge in [0.25, 0.3) is 5.56 Å². The zero-order valence-corrected chi connectivity index (χ0v) is 25.1. The molecule has 46 heavy (non-hydrogen) atoms. The minimum atomic E-state index is -5.16. The van der Waals surface area contributed by atoms with E-state index in [9.17, 15) is 38.8 Å². The maximum absolute atomic E-state index is 13.2. The van der Waals surface area contributed by atoms with E-state index in [-0.39, 0.29) is 22.9 Å². The molecule has 9 atom stereocenters. The Labute approximate surface area is 256 Å². The molecule has 23 heteroatoms. The Morgan fingerprint density at radius 1 is 1.02 bits per heavy atom. The number of aliphatic hydroxyl groups is 2. The summed E-state index contributed by atoms with van der Waals surface area (Å²) in [6.07, 6.45) is -9.87. The van der Waals surface area contributed by atoms with Crippen molar-refractivity contribution in [2.75, 3.05) is 18.9 Å². The number of nitrogen functional groups attached to an aromatic ring is 1. The summed E-state index contributed by atoms with van der Waals surface area (Å²) in [4.78, 5) is 77.0. The predicted molar refractivity (Wildman–Crippen MR) is 146 cm³/mol. The van der Waals surface area contributed by atoms with Crippen LogP contribution in [0.2, 0.25) is 0 Å². The van der Waals surface area contributed by atoms with Crippen LogP contribution in [0.5, 0.6) is 0 Å². The first-order valence-electron chi connectivity index (χ1n) is 13.4. The number of imidazole rings is 1. The lowest BCUT2D eigenvalue weighted by Gasteiger charge is -2.26. The molecule has 3 aromatic rings. The molecule has 2 saturated heterocycles. The fourth-order valence-corrected chi connectivity index (χ4v) is 5.99. The van der Waals surface area contributed by atoms with Crippen LogP contribution in [0.3, 0.4) is 0 Å². The van der Waals surface area contributed by atoms with Crippen molar-refractivity contribution in [1.29, 1.82) is 0 Å². The van der Waals surface area contributed by atoms with Gasteiger partial charge >= 0.3 is 25.5 Å². The number of phosphoric acid groups is 1. The number of phosphoric ester groups is 1. The van der Waals surface area contributed by atoms with Crippen LogP contribution in [0.1, 0.15) is 32.1 Å². The second-order valence-electron chi connectivity index (χ2n) is 10.2. The van der Waals surface area contributed by atoms with Gasteiger partial charge in [-0.1, -0.05) is 0 Å². The van der Waals surface area contributed by atoms with Crippen LogP contribution in [-0.4, -0.2) is 111 Å². The van der Waals surface area contributed by atoms with E-state index in [2.05, 4.69) is 24.9 Å². The Morgan fingerprint density at radius 3 is 2.30 bits per heavy atom. The average Bonchev–Trinajstić information content (AvgIpc) is 3.61. The fourth-order valence-electron chi connectivity index (χ4n) is 5.03. The Morgan fingerprint density at radius 2 is 1.65 bits per heavy atom. The Hall–Kier alpha value is -4.15. The first-order chi connectivity index (χ1) is 21.7. The van der Waals surface area contributed by atoms with Gasteiger partial charge in [0, 0.05) is 13.8 Å². The van der Waals surface area contributed by atoms with Crippen LogP contribution < -0.4 is 17.0 Å². The third kappa shape index (κ3) is 6.69. The first kappa shape index (κ1) is 33.2. The van der Waals surface area contributed by atoms with Crippen molar-refractivity contribution in [3.63, 3.8) is 0 Å². The number of H-pyrrole nitrogens is 1. The molecule has 22 nitrogen and oxygen atoms in total. The number of aromatic amines is 1. The summed E-state index contributed by atoms with van der Waals surface area (Å²) < 4.78 is 47.5. The van der Waals surface area contributed by atoms with Crippen LogP contribution in [0, 0.1) is 6.92 Å². The van der Waals surface area contributed by atoms with Crippen molar-refractivity contribution in [2.24, 2.45) is 0 Å². The molecule has 250 valence electrons. The monoisotopic (exact) mass is 672 g/mol. The van der Waals surface area contributed by atoms with Gasteiger partial charge in [-0.15, -0.1) is 0 Å². The van der Waals surface area contributed by atoms with Gasteiger partial charge < -0.3 is 44.8 Å². The van der Waals surface area contributed by atoms with Crippen molar-refractivity contribution in [3.8, 4) is 0 Å². The average molecular weight is 673 g/mol. The molecule has 0 saturated carbocycles. The maximum atomic E-state index is 13.2. The lowest BCUT2D eigenvalue weighted by Crippen LogP contribution is -2.40. The lowest BCUT2D eigenvalue weighted by molar-refractivity contribution is -0.156. The molecule has 3 unspecified atom stereocenters. The number of aromatic nitrogens is 7. The molecule has 0 radical (unpaired) electrons. The van der Waals surface area contributed by atoms with Crippen molar-refractivity contribution in [3.05, 3.63) is 39.3 Å². The highest BCUT2D eigenvalue weighted by atomic mass is 31.2. The number of hydrogen-bond acceptors (Lipinski definition) is 18. The standard InChI is InChI=1S/C23H29N8O14P/c1-8-27-18-13(19(36)28-8)25-6-30(18)21-17(42-10(3)34)15(11(4-32)43-21)45-46(38,39)40-5-12-14(35)16(41-9(2)33)20(44-12)31-7-26-22(24)29-23(31)37/h6-7,11-12,14-17,20-21,32,35H,4-5H2,1-3H3,(H,38,39)(H2,24,29,37)(H,27,28,36)/t11-,12-,14?,15?,16+,17+,20-,21-/m1/s1. The second-order valence-corrected chi connectivity index (χ2v) is 11.6. The third-order valence-corrected chi connectivity index (χ3v) is 7.87. The molecule has 0 spiro atoms. The van der Waals surface area contributed by atoms with Crippen molar-refractivity contribution in [1.82, 2.24) is 34.1 Å². The highest BCUT2D eigenvalue weighted by Crippen LogP contribution is 2.50. The number of fused-ring (bicyclic) bond motifs is 1. The molecular weight excluding hydrogens is 643 g/mol. The molecule has 0 aliphatic carbocycles. The van der Waals surface area contributed by atoms with Gasteiger partial charge in [-0.2, -0.15) is 4.98 Å². The first-order valence-corrected chi connectivity index (χ1v) is 14.9. The van der Waals surface area contributed by atoms with Gasteiger partial charge in [0.2, 0.25) is 5.95 Å². The molecule has 3 aromatic heterocycles. The zero-order valence-electron chi connectivity index (χ0n) is 24.2. The van der Waals surface area contributed by atoms with Gasteiger partial charge in [0.1, 0.15) is 36.6 Å². The highest BCUT2D eigenvalue weighted by molar-refractivity contribution is 7.47. The number of hydrogen-bond donors (Lipinski definition) is 5. The Balaban J connectivity index is 1.36. The second kappa shape index (κ2) is 12.9. The quantitative estimate of drug-likeness (QED) is 0.107. The van der Waals surface area contributed by atoms with E-state index in [1.54, 1.807) is 0 Å². The summed E-state index contributed by atoms with van der Waals surface area (Å²) in [7, 11) is -5.16. The number of carbonyl (C=O) groups excluding carboxylic acids is 2. The van der Waals surface area contributed by atoms with E-state index in [1.807, 2.05) is 0 Å². The molecule has 0 aromatic carbocycles. The lowest BCUT2D eigenvalue weighted by atomic mass is 10.1. The number of ether oxygens (including phenoxy) is 4. The third-order valence-electron chi connectivity index (χ3n) is 6.88. The largest absolute Gasteiger partial charge is 0.472 e. The summed E-state index contributed by atoms with van der Waals surface area (Å²) in [6, 6.07) is 0. The van der Waals surface area contributed by atoms with Gasteiger partial charge in [0.05, 0.1) is 19.5 Å². The number of rotatable bonds is 10. The van der Waals surface area contributed by atoms with E-state index in [1.165, 1.54) is 17.8 Å². The summed E-state index contributed by atoms with van der Waals surface area (Å²) in [5.41, 5.74) is 3.84. The highest BCUT2D eigenvalue weighted by Gasteiger charge is 2.53. The number of nitrogens with one attached hydrogen (secondary N) is 1. The fraction of sp³-hybridized carbons (Fsp3) is 0.565. The smallest absolute Gasteiger partial charge is 0.455 e. The molecule has 6 N–H and O–H groups in total.